The zero-order valence-corrected chi connectivity index (χ0v) is 11.5. The second-order valence-electron chi connectivity index (χ2n) is 3.75. The first-order valence-electron chi connectivity index (χ1n) is 6.28. The van der Waals surface area contributed by atoms with Gasteiger partial charge in [-0.2, -0.15) is 0 Å². The Kier molecular flexibility index (Phi) is 5.49. The van der Waals surface area contributed by atoms with Gasteiger partial charge < -0.3 is 14.4 Å². The quantitative estimate of drug-likeness (QED) is 0.780. The van der Waals surface area contributed by atoms with Crippen LogP contribution in [0.2, 0.25) is 0 Å². The average Bonchev–Trinajstić information content (AvgIpc) is 2.40. The van der Waals surface area contributed by atoms with Gasteiger partial charge in [0.2, 0.25) is 0 Å². The van der Waals surface area contributed by atoms with Gasteiger partial charge in [0, 0.05) is 13.1 Å². The van der Waals surface area contributed by atoms with Crippen molar-refractivity contribution in [1.82, 2.24) is 4.90 Å². The van der Waals surface area contributed by atoms with Crippen molar-refractivity contribution < 1.29 is 14.3 Å². The van der Waals surface area contributed by atoms with Gasteiger partial charge in [0.05, 0.1) is 19.3 Å². The Morgan fingerprint density at radius 1 is 1.22 bits per heavy atom. The third kappa shape index (κ3) is 2.94. The van der Waals surface area contributed by atoms with Crippen LogP contribution in [0, 0.1) is 0 Å². The van der Waals surface area contributed by atoms with Crippen molar-refractivity contribution in [3.8, 4) is 11.5 Å². The molecule has 0 bridgehead atoms. The number of hydrogen-bond donors (Lipinski definition) is 0. The standard InChI is InChI=1S/C14H21NO3/c1-5-15(6-2)14(16)11-9-8-10-12(17-4)13(11)18-7-3/h8-10H,5-7H2,1-4H3. The van der Waals surface area contributed by atoms with E-state index in [1.165, 1.54) is 0 Å². The van der Waals surface area contributed by atoms with Crippen LogP contribution in [0.4, 0.5) is 0 Å². The van der Waals surface area contributed by atoms with Crippen LogP contribution in [0.1, 0.15) is 31.1 Å². The molecule has 0 atom stereocenters. The number of rotatable bonds is 6. The van der Waals surface area contributed by atoms with Crippen molar-refractivity contribution in [3.05, 3.63) is 23.8 Å². The van der Waals surface area contributed by atoms with E-state index in [0.717, 1.165) is 0 Å². The second-order valence-corrected chi connectivity index (χ2v) is 3.75. The fourth-order valence-corrected chi connectivity index (χ4v) is 1.82. The van der Waals surface area contributed by atoms with Crippen LogP contribution >= 0.6 is 0 Å². The van der Waals surface area contributed by atoms with Gasteiger partial charge in [-0.15, -0.1) is 0 Å². The molecule has 0 aliphatic heterocycles. The number of carbonyl (C=O) groups excluding carboxylic acids is 1. The minimum Gasteiger partial charge on any atom is -0.493 e. The first-order valence-corrected chi connectivity index (χ1v) is 6.28. The highest BCUT2D eigenvalue weighted by Crippen LogP contribution is 2.31. The molecule has 1 aromatic carbocycles. The van der Waals surface area contributed by atoms with Gasteiger partial charge in [-0.1, -0.05) is 6.07 Å². The minimum atomic E-state index is -0.0256. The molecule has 4 heteroatoms. The Morgan fingerprint density at radius 2 is 1.89 bits per heavy atom. The van der Waals surface area contributed by atoms with Crippen LogP contribution in [-0.2, 0) is 0 Å². The number of carbonyl (C=O) groups is 1. The van der Waals surface area contributed by atoms with Crippen LogP contribution < -0.4 is 9.47 Å². The van der Waals surface area contributed by atoms with Gasteiger partial charge in [-0.3, -0.25) is 4.79 Å². The van der Waals surface area contributed by atoms with Crippen molar-refractivity contribution in [2.24, 2.45) is 0 Å². The lowest BCUT2D eigenvalue weighted by Gasteiger charge is -2.21. The topological polar surface area (TPSA) is 38.8 Å². The van der Waals surface area contributed by atoms with Crippen LogP contribution in [0.3, 0.4) is 0 Å². The molecule has 100 valence electrons. The maximum absolute atomic E-state index is 12.4. The summed E-state index contributed by atoms with van der Waals surface area (Å²) >= 11 is 0. The number of hydrogen-bond acceptors (Lipinski definition) is 3. The first kappa shape index (κ1) is 14.4. The maximum Gasteiger partial charge on any atom is 0.257 e. The van der Waals surface area contributed by atoms with Crippen molar-refractivity contribution in [3.63, 3.8) is 0 Å². The van der Waals surface area contributed by atoms with Gasteiger partial charge in [-0.25, -0.2) is 0 Å². The molecule has 0 N–H and O–H groups in total. The molecule has 0 radical (unpaired) electrons. The number of benzene rings is 1. The molecule has 0 aromatic heterocycles. The number of nitrogens with zero attached hydrogens (tertiary/aromatic N) is 1. The van der Waals surface area contributed by atoms with E-state index in [1.54, 1.807) is 30.2 Å². The van der Waals surface area contributed by atoms with Crippen LogP contribution in [0.15, 0.2) is 18.2 Å². The molecule has 1 amide bonds. The number of amides is 1. The Balaban J connectivity index is 3.17. The van der Waals surface area contributed by atoms with Gasteiger partial charge in [0.15, 0.2) is 11.5 Å². The van der Waals surface area contributed by atoms with Crippen LogP contribution in [-0.4, -0.2) is 37.6 Å². The molecule has 0 fully saturated rings. The third-order valence-corrected chi connectivity index (χ3v) is 2.77. The number of ether oxygens (including phenoxy) is 2. The van der Waals surface area contributed by atoms with E-state index < -0.39 is 0 Å². The molecule has 0 heterocycles. The fourth-order valence-electron chi connectivity index (χ4n) is 1.82. The van der Waals surface area contributed by atoms with E-state index in [1.807, 2.05) is 20.8 Å². The van der Waals surface area contributed by atoms with Gasteiger partial charge >= 0.3 is 0 Å². The van der Waals surface area contributed by atoms with Gasteiger partial charge in [0.1, 0.15) is 0 Å². The lowest BCUT2D eigenvalue weighted by atomic mass is 10.1. The summed E-state index contributed by atoms with van der Waals surface area (Å²) in [6, 6.07) is 5.37. The maximum atomic E-state index is 12.4. The van der Waals surface area contributed by atoms with E-state index >= 15 is 0 Å². The largest absolute Gasteiger partial charge is 0.493 e. The van der Waals surface area contributed by atoms with E-state index in [0.29, 0.717) is 36.8 Å². The summed E-state index contributed by atoms with van der Waals surface area (Å²) < 4.78 is 10.8. The van der Waals surface area contributed by atoms with Crippen LogP contribution in [0.5, 0.6) is 11.5 Å². The highest BCUT2D eigenvalue weighted by Gasteiger charge is 2.20. The molecule has 4 nitrogen and oxygen atoms in total. The molecule has 1 rings (SSSR count). The number of para-hydroxylation sites is 1. The molecule has 0 unspecified atom stereocenters. The summed E-state index contributed by atoms with van der Waals surface area (Å²) in [5.74, 6) is 1.09. The van der Waals surface area contributed by atoms with E-state index in [2.05, 4.69) is 0 Å². The third-order valence-electron chi connectivity index (χ3n) is 2.77. The molecular formula is C14H21NO3. The molecule has 0 saturated carbocycles. The summed E-state index contributed by atoms with van der Waals surface area (Å²) in [7, 11) is 1.57. The Bertz CT molecular complexity index is 400. The van der Waals surface area contributed by atoms with E-state index in [4.69, 9.17) is 9.47 Å². The Morgan fingerprint density at radius 3 is 2.39 bits per heavy atom. The van der Waals surface area contributed by atoms with E-state index in [-0.39, 0.29) is 5.91 Å². The Labute approximate surface area is 108 Å². The molecular weight excluding hydrogens is 230 g/mol. The predicted octanol–water partition coefficient (Wildman–Crippen LogP) is 2.58. The Hall–Kier alpha value is -1.71. The smallest absolute Gasteiger partial charge is 0.257 e. The predicted molar refractivity (Wildman–Crippen MR) is 71.4 cm³/mol. The summed E-state index contributed by atoms with van der Waals surface area (Å²) in [6.45, 7) is 7.66. The fraction of sp³-hybridized carbons (Fsp3) is 0.500. The second kappa shape index (κ2) is 6.89. The lowest BCUT2D eigenvalue weighted by molar-refractivity contribution is 0.0768. The summed E-state index contributed by atoms with van der Waals surface area (Å²) in [5, 5.41) is 0. The summed E-state index contributed by atoms with van der Waals surface area (Å²) in [6.07, 6.45) is 0. The first-order chi connectivity index (χ1) is 8.69. The molecule has 0 spiro atoms. The lowest BCUT2D eigenvalue weighted by Crippen LogP contribution is -2.30. The molecule has 0 saturated heterocycles. The molecule has 0 aliphatic carbocycles. The zero-order chi connectivity index (χ0) is 13.5. The van der Waals surface area contributed by atoms with E-state index in [9.17, 15) is 4.79 Å². The van der Waals surface area contributed by atoms with Crippen molar-refractivity contribution >= 4 is 5.91 Å². The normalized spacial score (nSPS) is 10.0. The van der Waals surface area contributed by atoms with Gasteiger partial charge in [0.25, 0.3) is 5.91 Å². The van der Waals surface area contributed by atoms with Gasteiger partial charge in [-0.05, 0) is 32.9 Å². The van der Waals surface area contributed by atoms with Crippen molar-refractivity contribution in [2.75, 3.05) is 26.8 Å². The average molecular weight is 251 g/mol. The van der Waals surface area contributed by atoms with Crippen molar-refractivity contribution in [1.29, 1.82) is 0 Å². The van der Waals surface area contributed by atoms with Crippen molar-refractivity contribution in [2.45, 2.75) is 20.8 Å². The SMILES string of the molecule is CCOc1c(OC)cccc1C(=O)N(CC)CC. The zero-order valence-electron chi connectivity index (χ0n) is 11.5. The van der Waals surface area contributed by atoms with Crippen LogP contribution in [0.25, 0.3) is 0 Å². The highest BCUT2D eigenvalue weighted by molar-refractivity contribution is 5.97. The summed E-state index contributed by atoms with van der Waals surface area (Å²) in [5.41, 5.74) is 0.555. The summed E-state index contributed by atoms with van der Waals surface area (Å²) in [4.78, 5) is 14.1. The monoisotopic (exact) mass is 251 g/mol. The molecule has 0 aliphatic rings. The number of methoxy groups -OCH3 is 1. The molecule has 1 aromatic rings. The molecule has 18 heavy (non-hydrogen) atoms. The minimum absolute atomic E-state index is 0.0256. The highest BCUT2D eigenvalue weighted by atomic mass is 16.5.